The number of aromatic nitrogens is 1. The Hall–Kier alpha value is -5.09. The van der Waals surface area contributed by atoms with Gasteiger partial charge >= 0.3 is 12.1 Å². The van der Waals surface area contributed by atoms with Gasteiger partial charge in [-0.3, -0.25) is 9.59 Å². The van der Waals surface area contributed by atoms with Gasteiger partial charge in [0.2, 0.25) is 11.8 Å². The summed E-state index contributed by atoms with van der Waals surface area (Å²) in [6.07, 6.45) is -3.48. The molecule has 4 aromatic rings. The third kappa shape index (κ3) is 9.71. The molecule has 0 fully saturated rings. The second kappa shape index (κ2) is 15.7. The smallest absolute Gasteiger partial charge is 0.490 e. The van der Waals surface area contributed by atoms with Gasteiger partial charge in [0.05, 0.1) is 17.8 Å². The van der Waals surface area contributed by atoms with Crippen molar-refractivity contribution in [3.63, 3.8) is 0 Å². The molecule has 256 valence electrons. The highest BCUT2D eigenvalue weighted by Gasteiger charge is 2.38. The van der Waals surface area contributed by atoms with Gasteiger partial charge in [-0.15, -0.1) is 0 Å². The molecule has 6 N–H and O–H groups in total. The first-order valence-corrected chi connectivity index (χ1v) is 15.9. The van der Waals surface area contributed by atoms with Gasteiger partial charge in [-0.2, -0.15) is 13.2 Å². The number of sulfone groups is 1. The quantitative estimate of drug-likeness (QED) is 0.144. The maximum Gasteiger partial charge on any atom is 0.490 e. The molecule has 0 radical (unpaired) electrons. The Kier molecular flexibility index (Phi) is 12.2. The number of nitrogens with zero attached hydrogens (tertiary/aromatic N) is 1. The van der Waals surface area contributed by atoms with Crippen LogP contribution in [0.15, 0.2) is 71.8 Å². The number of nitrogens with one attached hydrogen (secondary N) is 3. The lowest BCUT2D eigenvalue weighted by Gasteiger charge is -2.22. The second-order valence-corrected chi connectivity index (χ2v) is 12.7. The van der Waals surface area contributed by atoms with Crippen LogP contribution in [-0.4, -0.2) is 55.3 Å². The van der Waals surface area contributed by atoms with Crippen molar-refractivity contribution in [2.45, 2.75) is 37.5 Å². The lowest BCUT2D eigenvalue weighted by atomic mass is 10.0. The monoisotopic (exact) mass is 709 g/mol. The highest BCUT2D eigenvalue weighted by Crippen LogP contribution is 2.32. The number of methoxy groups -OCH3 is 1. The summed E-state index contributed by atoms with van der Waals surface area (Å²) in [4.78, 5) is 38.4. The highest BCUT2D eigenvalue weighted by atomic mass is 35.5. The Balaban J connectivity index is 0.000000804. The molecule has 1 unspecified atom stereocenters. The molecule has 0 aliphatic carbocycles. The number of aliphatic carboxylic acids is 1. The molecule has 0 spiro atoms. The van der Waals surface area contributed by atoms with Crippen molar-refractivity contribution >= 4 is 67.2 Å². The minimum Gasteiger partial charge on any atom is -0.497 e. The van der Waals surface area contributed by atoms with Crippen LogP contribution in [0.4, 0.5) is 30.4 Å². The Morgan fingerprint density at radius 1 is 1.04 bits per heavy atom. The molecule has 3 aromatic carbocycles. The zero-order valence-corrected chi connectivity index (χ0v) is 27.3. The predicted octanol–water partition coefficient (Wildman–Crippen LogP) is 5.33. The number of anilines is 3. The number of hydrogen-bond acceptors (Lipinski definition) is 9. The molecule has 4 rings (SSSR count). The number of pyridine rings is 1. The zero-order chi connectivity index (χ0) is 35.8. The third-order valence-corrected chi connectivity index (χ3v) is 8.85. The standard InChI is InChI=1S/C29H30ClN5O5S.C2HF3O2/c1-4-41(38,39)26-10-6-20(34-17(2)36)14-19(26)16-33-29(37)27(24-15-22(40-3)7-9-25(24)30)35-21-5-8-23-18(13-21)11-12-32-28(23)31;3-2(4,5)1(6)7/h5-15,27,35H,4,16H2,1-3H3,(H2,31,32)(H,33,37)(H,34,36);(H,6,7). The fraction of sp³-hybridized carbons (Fsp3) is 0.226. The summed E-state index contributed by atoms with van der Waals surface area (Å²) in [6, 6.07) is 15.7. The van der Waals surface area contributed by atoms with Gasteiger partial charge in [-0.1, -0.05) is 18.5 Å². The molecule has 0 aliphatic rings. The van der Waals surface area contributed by atoms with Crippen molar-refractivity contribution in [3.05, 3.63) is 83.0 Å². The molecule has 0 bridgehead atoms. The van der Waals surface area contributed by atoms with Crippen molar-refractivity contribution < 1.29 is 45.8 Å². The van der Waals surface area contributed by atoms with Crippen LogP contribution < -0.4 is 26.4 Å². The van der Waals surface area contributed by atoms with Gasteiger partial charge in [0.1, 0.15) is 17.6 Å². The van der Waals surface area contributed by atoms with Gasteiger partial charge < -0.3 is 31.5 Å². The van der Waals surface area contributed by atoms with Crippen LogP contribution in [0.1, 0.15) is 31.0 Å². The number of fused-ring (bicyclic) bond motifs is 1. The number of amides is 2. The summed E-state index contributed by atoms with van der Waals surface area (Å²) in [6.45, 7) is 2.77. The molecule has 17 heteroatoms. The van der Waals surface area contributed by atoms with E-state index in [2.05, 4.69) is 20.9 Å². The van der Waals surface area contributed by atoms with Crippen LogP contribution in [0.5, 0.6) is 5.75 Å². The van der Waals surface area contributed by atoms with E-state index in [0.717, 1.165) is 10.8 Å². The van der Waals surface area contributed by atoms with E-state index in [-0.39, 0.29) is 23.1 Å². The summed E-state index contributed by atoms with van der Waals surface area (Å²) < 4.78 is 62.7. The lowest BCUT2D eigenvalue weighted by molar-refractivity contribution is -0.192. The summed E-state index contributed by atoms with van der Waals surface area (Å²) in [7, 11) is -2.11. The average Bonchev–Trinajstić information content (AvgIpc) is 3.02. The Morgan fingerprint density at radius 3 is 2.31 bits per heavy atom. The lowest BCUT2D eigenvalue weighted by Crippen LogP contribution is -2.33. The molecule has 0 saturated heterocycles. The van der Waals surface area contributed by atoms with Crippen LogP contribution in [0.25, 0.3) is 10.8 Å². The summed E-state index contributed by atoms with van der Waals surface area (Å²) in [5, 5.41) is 17.8. The zero-order valence-electron chi connectivity index (χ0n) is 25.7. The maximum absolute atomic E-state index is 13.8. The summed E-state index contributed by atoms with van der Waals surface area (Å²) in [5.41, 5.74) is 7.79. The number of carboxylic acids is 1. The van der Waals surface area contributed by atoms with Crippen LogP contribution >= 0.6 is 11.6 Å². The number of carbonyl (C=O) groups excluding carboxylic acids is 2. The van der Waals surface area contributed by atoms with E-state index in [1.165, 1.54) is 39.2 Å². The molecule has 48 heavy (non-hydrogen) atoms. The first-order valence-electron chi connectivity index (χ1n) is 13.9. The average molecular weight is 710 g/mol. The number of carbonyl (C=O) groups is 3. The predicted molar refractivity (Wildman–Crippen MR) is 175 cm³/mol. The molecule has 1 heterocycles. The highest BCUT2D eigenvalue weighted by molar-refractivity contribution is 7.91. The number of hydrogen-bond donors (Lipinski definition) is 5. The number of ether oxygens (including phenoxy) is 1. The number of benzene rings is 3. The molecule has 1 aromatic heterocycles. The normalized spacial score (nSPS) is 11.9. The molecule has 2 amide bonds. The first-order chi connectivity index (χ1) is 22.5. The Bertz CT molecular complexity index is 1940. The van der Waals surface area contributed by atoms with Gasteiger partial charge in [0, 0.05) is 47.0 Å². The van der Waals surface area contributed by atoms with Crippen molar-refractivity contribution in [1.82, 2.24) is 10.3 Å². The topological polar surface area (TPSA) is 190 Å². The Morgan fingerprint density at radius 2 is 1.71 bits per heavy atom. The van der Waals surface area contributed by atoms with Gasteiger partial charge in [0.25, 0.3) is 0 Å². The first kappa shape index (κ1) is 37.4. The number of nitrogens with two attached hydrogens (primary N) is 1. The number of rotatable bonds is 10. The minimum absolute atomic E-state index is 0.0686. The SMILES string of the molecule is CCS(=O)(=O)c1ccc(NC(C)=O)cc1CNC(=O)C(Nc1ccc2c(N)nccc2c1)c1cc(OC)ccc1Cl.O=C(O)C(F)(F)F. The van der Waals surface area contributed by atoms with E-state index in [1.54, 1.807) is 36.5 Å². The van der Waals surface area contributed by atoms with Gasteiger partial charge in [-0.25, -0.2) is 18.2 Å². The molecular weight excluding hydrogens is 679 g/mol. The fourth-order valence-electron chi connectivity index (χ4n) is 4.35. The number of nitrogen functional groups attached to an aromatic ring is 1. The van der Waals surface area contributed by atoms with Gasteiger partial charge in [-0.05, 0) is 71.6 Å². The fourth-order valence-corrected chi connectivity index (χ4v) is 5.70. The molecule has 0 saturated carbocycles. The molecule has 12 nitrogen and oxygen atoms in total. The second-order valence-electron chi connectivity index (χ2n) is 10.0. The summed E-state index contributed by atoms with van der Waals surface area (Å²) in [5.74, 6) is -2.78. The Labute approximate surface area is 278 Å². The van der Waals surface area contributed by atoms with E-state index in [9.17, 15) is 31.2 Å². The summed E-state index contributed by atoms with van der Waals surface area (Å²) >= 11 is 6.54. The minimum atomic E-state index is -5.08. The van der Waals surface area contributed by atoms with E-state index >= 15 is 0 Å². The van der Waals surface area contributed by atoms with E-state index < -0.39 is 33.9 Å². The third-order valence-electron chi connectivity index (χ3n) is 6.67. The molecule has 1 atom stereocenters. The number of carboxylic acid groups (broad SMARTS) is 1. The van der Waals surface area contributed by atoms with Crippen molar-refractivity contribution in [2.75, 3.05) is 29.2 Å². The van der Waals surface area contributed by atoms with E-state index in [1.807, 2.05) is 12.1 Å². The van der Waals surface area contributed by atoms with E-state index in [0.29, 0.717) is 39.1 Å². The largest absolute Gasteiger partial charge is 0.497 e. The molecule has 0 aliphatic heterocycles. The van der Waals surface area contributed by atoms with Crippen LogP contribution in [0, 0.1) is 0 Å². The van der Waals surface area contributed by atoms with Crippen molar-refractivity contribution in [2.24, 2.45) is 0 Å². The number of halogens is 4. The van der Waals surface area contributed by atoms with Crippen LogP contribution in [0.2, 0.25) is 5.02 Å². The van der Waals surface area contributed by atoms with Crippen LogP contribution in [0.3, 0.4) is 0 Å². The van der Waals surface area contributed by atoms with E-state index in [4.69, 9.17) is 32.0 Å². The molecular formula is C31H31ClF3N5O7S. The van der Waals surface area contributed by atoms with Crippen molar-refractivity contribution in [3.8, 4) is 5.75 Å². The van der Waals surface area contributed by atoms with Gasteiger partial charge in [0.15, 0.2) is 9.84 Å². The van der Waals surface area contributed by atoms with Crippen molar-refractivity contribution in [1.29, 1.82) is 0 Å². The number of alkyl halides is 3. The van der Waals surface area contributed by atoms with Crippen LogP contribution in [-0.2, 0) is 30.8 Å². The maximum atomic E-state index is 13.8.